The summed E-state index contributed by atoms with van der Waals surface area (Å²) in [6.07, 6.45) is 1.65. The zero-order valence-electron chi connectivity index (χ0n) is 10.8. The lowest BCUT2D eigenvalue weighted by Crippen LogP contribution is -2.14. The molecule has 1 heterocycles. The number of hydrogen-bond acceptors (Lipinski definition) is 2. The maximum Gasteiger partial charge on any atom is 0.258 e. The molecule has 2 aromatic carbocycles. The van der Waals surface area contributed by atoms with E-state index >= 15 is 0 Å². The van der Waals surface area contributed by atoms with Gasteiger partial charge in [0.25, 0.3) is 5.91 Å². The fourth-order valence-electron chi connectivity index (χ4n) is 2.08. The highest BCUT2D eigenvalue weighted by Crippen LogP contribution is 2.22. The molecule has 1 N–H and O–H groups in total. The minimum atomic E-state index is -0.897. The summed E-state index contributed by atoms with van der Waals surface area (Å²) >= 11 is 0. The van der Waals surface area contributed by atoms with Crippen LogP contribution in [0.15, 0.2) is 54.7 Å². The van der Waals surface area contributed by atoms with Gasteiger partial charge < -0.3 is 5.32 Å². The summed E-state index contributed by atoms with van der Waals surface area (Å²) in [5, 5.41) is 3.37. The van der Waals surface area contributed by atoms with Crippen molar-refractivity contribution in [2.24, 2.45) is 0 Å². The monoisotopic (exact) mass is 284 g/mol. The van der Waals surface area contributed by atoms with Crippen molar-refractivity contribution >= 4 is 22.5 Å². The van der Waals surface area contributed by atoms with E-state index in [4.69, 9.17) is 0 Å². The number of nitrogens with zero attached hydrogens (tertiary/aromatic N) is 1. The Kier molecular flexibility index (Phi) is 3.31. The van der Waals surface area contributed by atoms with Crippen LogP contribution < -0.4 is 5.32 Å². The molecule has 104 valence electrons. The first-order chi connectivity index (χ1) is 10.1. The van der Waals surface area contributed by atoms with Crippen LogP contribution in [0.2, 0.25) is 0 Å². The third kappa shape index (κ3) is 2.58. The fraction of sp³-hybridized carbons (Fsp3) is 0. The molecule has 0 saturated heterocycles. The van der Waals surface area contributed by atoms with Gasteiger partial charge in [0.1, 0.15) is 11.6 Å². The molecular weight excluding hydrogens is 274 g/mol. The van der Waals surface area contributed by atoms with Crippen molar-refractivity contribution in [3.63, 3.8) is 0 Å². The minimum Gasteiger partial charge on any atom is -0.321 e. The molecule has 0 atom stereocenters. The maximum absolute atomic E-state index is 13.6. The first-order valence-electron chi connectivity index (χ1n) is 6.25. The van der Waals surface area contributed by atoms with Crippen LogP contribution >= 0.6 is 0 Å². The first kappa shape index (κ1) is 13.2. The molecule has 0 aliphatic carbocycles. The van der Waals surface area contributed by atoms with Gasteiger partial charge in [-0.1, -0.05) is 6.07 Å². The number of halogens is 2. The average molecular weight is 284 g/mol. The third-order valence-corrected chi connectivity index (χ3v) is 3.07. The lowest BCUT2D eigenvalue weighted by Gasteiger charge is -2.09. The maximum atomic E-state index is 13.6. The van der Waals surface area contributed by atoms with Crippen LogP contribution in [0.3, 0.4) is 0 Å². The molecule has 5 heteroatoms. The van der Waals surface area contributed by atoms with Crippen LogP contribution in [0.5, 0.6) is 0 Å². The number of carbonyl (C=O) groups is 1. The second kappa shape index (κ2) is 5.28. The molecule has 0 bridgehead atoms. The molecule has 0 aliphatic heterocycles. The molecule has 21 heavy (non-hydrogen) atoms. The molecule has 0 fully saturated rings. The van der Waals surface area contributed by atoms with Crippen molar-refractivity contribution in [2.75, 3.05) is 5.32 Å². The van der Waals surface area contributed by atoms with Gasteiger partial charge >= 0.3 is 0 Å². The topological polar surface area (TPSA) is 42.0 Å². The summed E-state index contributed by atoms with van der Waals surface area (Å²) < 4.78 is 26.5. The number of anilines is 1. The van der Waals surface area contributed by atoms with E-state index in [1.165, 1.54) is 0 Å². The van der Waals surface area contributed by atoms with Crippen LogP contribution in [0.1, 0.15) is 10.4 Å². The Balaban J connectivity index is 1.97. The second-order valence-electron chi connectivity index (χ2n) is 4.45. The predicted octanol–water partition coefficient (Wildman–Crippen LogP) is 3.77. The molecule has 1 amide bonds. The number of nitrogens with one attached hydrogen (secondary N) is 1. The smallest absolute Gasteiger partial charge is 0.258 e. The molecule has 3 nitrogen and oxygen atoms in total. The van der Waals surface area contributed by atoms with E-state index in [0.717, 1.165) is 23.0 Å². The highest BCUT2D eigenvalue weighted by Gasteiger charge is 2.13. The fourth-order valence-corrected chi connectivity index (χ4v) is 2.08. The molecule has 0 aliphatic rings. The van der Waals surface area contributed by atoms with Crippen LogP contribution in [0, 0.1) is 11.6 Å². The van der Waals surface area contributed by atoms with Gasteiger partial charge in [0, 0.05) is 17.6 Å². The average Bonchev–Trinajstić information content (AvgIpc) is 2.47. The van der Waals surface area contributed by atoms with E-state index in [0.29, 0.717) is 11.8 Å². The number of benzene rings is 2. The standard InChI is InChI=1S/C16H10F2N2O/c17-10-6-7-11(13(18)9-10)16(21)20-15-5-1-4-14-12(15)3-2-8-19-14/h1-9H,(H,20,21). The van der Waals surface area contributed by atoms with Crippen molar-refractivity contribution in [3.05, 3.63) is 71.9 Å². The molecule has 0 saturated carbocycles. The first-order valence-corrected chi connectivity index (χ1v) is 6.25. The van der Waals surface area contributed by atoms with E-state index in [1.807, 2.05) is 6.07 Å². The van der Waals surface area contributed by atoms with Crippen molar-refractivity contribution < 1.29 is 13.6 Å². The Labute approximate surface area is 119 Å². The van der Waals surface area contributed by atoms with Crippen LogP contribution in [0.4, 0.5) is 14.5 Å². The summed E-state index contributed by atoms with van der Waals surface area (Å²) in [4.78, 5) is 16.3. The molecule has 0 spiro atoms. The van der Waals surface area contributed by atoms with Gasteiger partial charge in [0.15, 0.2) is 0 Å². The Hall–Kier alpha value is -2.82. The molecule has 3 rings (SSSR count). The van der Waals surface area contributed by atoms with Gasteiger partial charge in [0.2, 0.25) is 0 Å². The molecule has 1 aromatic heterocycles. The number of pyridine rings is 1. The summed E-state index contributed by atoms with van der Waals surface area (Å²) in [5.41, 5.74) is 1.03. The summed E-state index contributed by atoms with van der Waals surface area (Å²) in [7, 11) is 0. The van der Waals surface area contributed by atoms with E-state index in [-0.39, 0.29) is 5.56 Å². The lowest BCUT2D eigenvalue weighted by atomic mass is 10.1. The van der Waals surface area contributed by atoms with Gasteiger partial charge in [-0.25, -0.2) is 8.78 Å². The molecule has 0 unspecified atom stereocenters. The highest BCUT2D eigenvalue weighted by molar-refractivity contribution is 6.08. The van der Waals surface area contributed by atoms with Crippen LogP contribution in [0.25, 0.3) is 10.9 Å². The van der Waals surface area contributed by atoms with E-state index < -0.39 is 17.5 Å². The Morgan fingerprint density at radius 3 is 2.71 bits per heavy atom. The molecule has 0 radical (unpaired) electrons. The zero-order chi connectivity index (χ0) is 14.8. The third-order valence-electron chi connectivity index (χ3n) is 3.07. The lowest BCUT2D eigenvalue weighted by molar-refractivity contribution is 0.102. The Morgan fingerprint density at radius 1 is 1.05 bits per heavy atom. The molecule has 3 aromatic rings. The minimum absolute atomic E-state index is 0.211. The quantitative estimate of drug-likeness (QED) is 0.778. The zero-order valence-corrected chi connectivity index (χ0v) is 10.8. The predicted molar refractivity (Wildman–Crippen MR) is 76.1 cm³/mol. The summed E-state index contributed by atoms with van der Waals surface area (Å²) in [6, 6.07) is 11.6. The van der Waals surface area contributed by atoms with Crippen LogP contribution in [-0.4, -0.2) is 10.9 Å². The molecular formula is C16H10F2N2O. The second-order valence-corrected chi connectivity index (χ2v) is 4.45. The number of rotatable bonds is 2. The van der Waals surface area contributed by atoms with Gasteiger partial charge in [-0.05, 0) is 36.4 Å². The van der Waals surface area contributed by atoms with Gasteiger partial charge in [0.05, 0.1) is 16.8 Å². The van der Waals surface area contributed by atoms with E-state index in [2.05, 4.69) is 10.3 Å². The summed E-state index contributed by atoms with van der Waals surface area (Å²) in [6.45, 7) is 0. The largest absolute Gasteiger partial charge is 0.321 e. The Bertz CT molecular complexity index is 828. The number of hydrogen-bond donors (Lipinski definition) is 1. The van der Waals surface area contributed by atoms with Crippen molar-refractivity contribution in [2.45, 2.75) is 0 Å². The van der Waals surface area contributed by atoms with E-state index in [1.54, 1.807) is 30.5 Å². The van der Waals surface area contributed by atoms with Gasteiger partial charge in [-0.3, -0.25) is 9.78 Å². The highest BCUT2D eigenvalue weighted by atomic mass is 19.1. The van der Waals surface area contributed by atoms with Crippen molar-refractivity contribution in [3.8, 4) is 0 Å². The van der Waals surface area contributed by atoms with Gasteiger partial charge in [-0.15, -0.1) is 0 Å². The SMILES string of the molecule is O=C(Nc1cccc2ncccc12)c1ccc(F)cc1F. The Morgan fingerprint density at radius 2 is 1.90 bits per heavy atom. The van der Waals surface area contributed by atoms with Crippen molar-refractivity contribution in [1.82, 2.24) is 4.98 Å². The van der Waals surface area contributed by atoms with Crippen molar-refractivity contribution in [1.29, 1.82) is 0 Å². The van der Waals surface area contributed by atoms with E-state index in [9.17, 15) is 13.6 Å². The van der Waals surface area contributed by atoms with Crippen LogP contribution in [-0.2, 0) is 0 Å². The number of aromatic nitrogens is 1. The number of fused-ring (bicyclic) bond motifs is 1. The number of amides is 1. The normalized spacial score (nSPS) is 10.6. The summed E-state index contributed by atoms with van der Waals surface area (Å²) in [5.74, 6) is -2.26. The van der Waals surface area contributed by atoms with Gasteiger partial charge in [-0.2, -0.15) is 0 Å². The number of carbonyl (C=O) groups excluding carboxylic acids is 1.